The van der Waals surface area contributed by atoms with Crippen LogP contribution in [0.4, 0.5) is 0 Å². The summed E-state index contributed by atoms with van der Waals surface area (Å²) in [5.74, 6) is 0.879. The van der Waals surface area contributed by atoms with Gasteiger partial charge in [-0.1, -0.05) is 24.9 Å². The van der Waals surface area contributed by atoms with Gasteiger partial charge in [-0.15, -0.1) is 5.10 Å². The summed E-state index contributed by atoms with van der Waals surface area (Å²) in [4.78, 5) is 4.44. The Morgan fingerprint density at radius 1 is 1.40 bits per heavy atom. The average Bonchev–Trinajstić information content (AvgIpc) is 2.57. The lowest BCUT2D eigenvalue weighted by Crippen LogP contribution is -1.91. The van der Waals surface area contributed by atoms with Crippen LogP contribution in [0, 0.1) is 6.92 Å². The molecule has 2 heterocycles. The molecule has 0 N–H and O–H groups in total. The molecule has 2 rings (SSSR count). The topological polar surface area (TPSA) is 30.2 Å². The van der Waals surface area contributed by atoms with Crippen molar-refractivity contribution in [3.8, 4) is 0 Å². The van der Waals surface area contributed by atoms with E-state index in [2.05, 4.69) is 17.0 Å². The number of aryl methyl sites for hydroxylation is 2. The zero-order valence-electron chi connectivity index (χ0n) is 9.00. The zero-order valence-corrected chi connectivity index (χ0v) is 9.75. The van der Waals surface area contributed by atoms with Gasteiger partial charge in [-0.25, -0.2) is 9.50 Å². The van der Waals surface area contributed by atoms with Gasteiger partial charge < -0.3 is 0 Å². The quantitative estimate of drug-likeness (QED) is 0.749. The molecule has 2 aromatic heterocycles. The molecule has 2 aromatic rings. The van der Waals surface area contributed by atoms with Gasteiger partial charge in [0.05, 0.1) is 0 Å². The number of nitrogens with zero attached hydrogens (tertiary/aromatic N) is 3. The summed E-state index contributed by atoms with van der Waals surface area (Å²) in [5.41, 5.74) is 1.95. The highest BCUT2D eigenvalue weighted by Gasteiger charge is 2.06. The van der Waals surface area contributed by atoms with Crippen LogP contribution in [0.3, 0.4) is 0 Å². The van der Waals surface area contributed by atoms with E-state index >= 15 is 0 Å². The molecule has 0 bridgehead atoms. The van der Waals surface area contributed by atoms with Crippen LogP contribution < -0.4 is 0 Å². The highest BCUT2D eigenvalue weighted by Crippen LogP contribution is 2.14. The summed E-state index contributed by atoms with van der Waals surface area (Å²) in [6, 6.07) is 3.89. The highest BCUT2D eigenvalue weighted by atomic mass is 35.5. The van der Waals surface area contributed by atoms with Gasteiger partial charge in [0.1, 0.15) is 5.15 Å². The van der Waals surface area contributed by atoms with Crippen LogP contribution in [0.1, 0.15) is 31.2 Å². The fraction of sp³-hybridized carbons (Fsp3) is 0.455. The average molecular weight is 224 g/mol. The van der Waals surface area contributed by atoms with Crippen LogP contribution in [0.5, 0.6) is 0 Å². The number of aromatic nitrogens is 3. The maximum Gasteiger partial charge on any atom is 0.157 e. The van der Waals surface area contributed by atoms with E-state index in [9.17, 15) is 0 Å². The molecule has 0 aromatic carbocycles. The van der Waals surface area contributed by atoms with E-state index in [-0.39, 0.29) is 0 Å². The van der Waals surface area contributed by atoms with Crippen molar-refractivity contribution in [1.29, 1.82) is 0 Å². The van der Waals surface area contributed by atoms with Crippen LogP contribution >= 0.6 is 11.6 Å². The van der Waals surface area contributed by atoms with E-state index in [0.29, 0.717) is 5.15 Å². The predicted molar refractivity (Wildman–Crippen MR) is 61.3 cm³/mol. The first-order valence-corrected chi connectivity index (χ1v) is 5.60. The van der Waals surface area contributed by atoms with Crippen molar-refractivity contribution in [3.05, 3.63) is 28.7 Å². The minimum atomic E-state index is 0.625. The normalized spacial score (nSPS) is 11.1. The van der Waals surface area contributed by atoms with Gasteiger partial charge in [-0.2, -0.15) is 0 Å². The molecular weight excluding hydrogens is 210 g/mol. The fourth-order valence-corrected chi connectivity index (χ4v) is 1.85. The summed E-state index contributed by atoms with van der Waals surface area (Å²) >= 11 is 6.07. The minimum Gasteiger partial charge on any atom is -0.212 e. The molecule has 0 aliphatic rings. The third-order valence-corrected chi connectivity index (χ3v) is 2.61. The minimum absolute atomic E-state index is 0.625. The molecule has 0 amide bonds. The van der Waals surface area contributed by atoms with Crippen molar-refractivity contribution >= 4 is 17.2 Å². The molecule has 0 fully saturated rings. The Bertz CT molecular complexity index is 476. The Morgan fingerprint density at radius 2 is 2.20 bits per heavy atom. The van der Waals surface area contributed by atoms with Gasteiger partial charge in [0, 0.05) is 6.42 Å². The molecular formula is C11H14ClN3. The first kappa shape index (κ1) is 10.4. The first-order valence-electron chi connectivity index (χ1n) is 5.22. The Kier molecular flexibility index (Phi) is 2.91. The molecule has 80 valence electrons. The number of rotatable bonds is 3. The second kappa shape index (κ2) is 4.19. The molecule has 4 heteroatoms. The third-order valence-electron chi connectivity index (χ3n) is 2.34. The number of unbranched alkanes of at least 4 members (excludes halogenated alkanes) is 1. The predicted octanol–water partition coefficient (Wildman–Crippen LogP) is 3.03. The van der Waals surface area contributed by atoms with E-state index < -0.39 is 0 Å². The molecule has 0 unspecified atom stereocenters. The van der Waals surface area contributed by atoms with Crippen LogP contribution in [0.25, 0.3) is 5.65 Å². The van der Waals surface area contributed by atoms with E-state index in [1.54, 1.807) is 4.52 Å². The number of halogens is 1. The van der Waals surface area contributed by atoms with Crippen LogP contribution in [0.15, 0.2) is 12.1 Å². The Morgan fingerprint density at radius 3 is 2.93 bits per heavy atom. The number of pyridine rings is 1. The Hall–Kier alpha value is -1.09. The summed E-state index contributed by atoms with van der Waals surface area (Å²) in [7, 11) is 0. The van der Waals surface area contributed by atoms with Crippen molar-refractivity contribution in [2.24, 2.45) is 0 Å². The van der Waals surface area contributed by atoms with Crippen LogP contribution in [-0.2, 0) is 6.42 Å². The van der Waals surface area contributed by atoms with Gasteiger partial charge in [-0.05, 0) is 31.0 Å². The lowest BCUT2D eigenvalue weighted by molar-refractivity contribution is 0.748. The van der Waals surface area contributed by atoms with Gasteiger partial charge in [0.25, 0.3) is 0 Å². The Balaban J connectivity index is 2.41. The van der Waals surface area contributed by atoms with Gasteiger partial charge in [-0.3, -0.25) is 0 Å². The number of fused-ring (bicyclic) bond motifs is 1. The SMILES string of the molecule is CCCCc1nc2cc(C)cc(Cl)n2n1. The van der Waals surface area contributed by atoms with E-state index in [0.717, 1.165) is 36.3 Å². The van der Waals surface area contributed by atoms with Crippen molar-refractivity contribution in [3.63, 3.8) is 0 Å². The number of hydrogen-bond donors (Lipinski definition) is 0. The van der Waals surface area contributed by atoms with E-state index in [1.807, 2.05) is 19.1 Å². The zero-order chi connectivity index (χ0) is 10.8. The standard InChI is InChI=1S/C11H14ClN3/c1-3-4-5-10-13-11-7-8(2)6-9(12)15(11)14-10/h6-7H,3-5H2,1-2H3. The maximum atomic E-state index is 6.07. The summed E-state index contributed by atoms with van der Waals surface area (Å²) in [6.45, 7) is 4.17. The fourth-order valence-electron chi connectivity index (χ4n) is 1.55. The number of hydrogen-bond acceptors (Lipinski definition) is 2. The molecule has 0 aliphatic heterocycles. The molecule has 15 heavy (non-hydrogen) atoms. The van der Waals surface area contributed by atoms with Gasteiger partial charge >= 0.3 is 0 Å². The molecule has 0 saturated carbocycles. The molecule has 0 saturated heterocycles. The molecule has 0 atom stereocenters. The molecule has 3 nitrogen and oxygen atoms in total. The van der Waals surface area contributed by atoms with Crippen molar-refractivity contribution in [1.82, 2.24) is 14.6 Å². The molecule has 0 spiro atoms. The second-order valence-electron chi connectivity index (χ2n) is 3.76. The largest absolute Gasteiger partial charge is 0.212 e. The van der Waals surface area contributed by atoms with Crippen LogP contribution in [0.2, 0.25) is 5.15 Å². The van der Waals surface area contributed by atoms with Crippen molar-refractivity contribution < 1.29 is 0 Å². The summed E-state index contributed by atoms with van der Waals surface area (Å²) in [5, 5.41) is 4.99. The summed E-state index contributed by atoms with van der Waals surface area (Å²) in [6.07, 6.45) is 3.20. The third kappa shape index (κ3) is 2.12. The smallest absolute Gasteiger partial charge is 0.157 e. The Labute approximate surface area is 94.1 Å². The van der Waals surface area contributed by atoms with Gasteiger partial charge in [0.15, 0.2) is 11.5 Å². The van der Waals surface area contributed by atoms with E-state index in [1.165, 1.54) is 0 Å². The summed E-state index contributed by atoms with van der Waals surface area (Å²) < 4.78 is 1.69. The lowest BCUT2D eigenvalue weighted by Gasteiger charge is -1.96. The van der Waals surface area contributed by atoms with Crippen molar-refractivity contribution in [2.45, 2.75) is 33.1 Å². The van der Waals surface area contributed by atoms with Gasteiger partial charge in [0.2, 0.25) is 0 Å². The lowest BCUT2D eigenvalue weighted by atomic mass is 10.2. The maximum absolute atomic E-state index is 6.07. The molecule has 0 aliphatic carbocycles. The van der Waals surface area contributed by atoms with E-state index in [4.69, 9.17) is 11.6 Å². The van der Waals surface area contributed by atoms with Crippen molar-refractivity contribution in [2.75, 3.05) is 0 Å². The first-order chi connectivity index (χ1) is 7.20. The monoisotopic (exact) mass is 223 g/mol. The second-order valence-corrected chi connectivity index (χ2v) is 4.14. The molecule has 0 radical (unpaired) electrons. The van der Waals surface area contributed by atoms with Crippen LogP contribution in [-0.4, -0.2) is 14.6 Å². The highest BCUT2D eigenvalue weighted by molar-refractivity contribution is 6.29.